The minimum atomic E-state index is -4.34. The molecule has 48 heavy (non-hydrogen) atoms. The van der Waals surface area contributed by atoms with Crippen LogP contribution in [0, 0.1) is 0 Å². The molecule has 2 amide bonds. The third-order valence-corrected chi connectivity index (χ3v) is 11.6. The van der Waals surface area contributed by atoms with Crippen molar-refractivity contribution in [2.75, 3.05) is 10.8 Å². The van der Waals surface area contributed by atoms with Crippen LogP contribution in [0.25, 0.3) is 0 Å². The summed E-state index contributed by atoms with van der Waals surface area (Å²) in [4.78, 5) is 30.3. The van der Waals surface area contributed by atoms with Crippen molar-refractivity contribution < 1.29 is 18.0 Å². The molecule has 0 radical (unpaired) electrons. The first-order valence-corrected chi connectivity index (χ1v) is 18.6. The molecule has 1 fully saturated rings. The van der Waals surface area contributed by atoms with Gasteiger partial charge >= 0.3 is 0 Å². The number of anilines is 1. The smallest absolute Gasteiger partial charge is 0.264 e. The van der Waals surface area contributed by atoms with Gasteiger partial charge < -0.3 is 10.2 Å². The molecule has 252 valence electrons. The second-order valence-electron chi connectivity index (χ2n) is 11.7. The predicted molar refractivity (Wildman–Crippen MR) is 193 cm³/mol. The van der Waals surface area contributed by atoms with Crippen LogP contribution >= 0.6 is 46.4 Å². The molecule has 5 rings (SSSR count). The van der Waals surface area contributed by atoms with Crippen LogP contribution in [0.1, 0.15) is 43.2 Å². The topological polar surface area (TPSA) is 86.8 Å². The molecule has 0 aliphatic heterocycles. The first kappa shape index (κ1) is 36.0. The summed E-state index contributed by atoms with van der Waals surface area (Å²) in [6.07, 6.45) is 4.99. The SMILES string of the molecule is O=C(NC1CCCCC1)[C@H](Cc1ccccc1)N(Cc1ccc(Cl)cc1Cl)C(=O)CN(c1cccc(Cl)c1Cl)S(=O)(=O)c1ccccc1. The van der Waals surface area contributed by atoms with Gasteiger partial charge in [-0.2, -0.15) is 0 Å². The maximum Gasteiger partial charge on any atom is 0.264 e. The molecule has 4 aromatic carbocycles. The summed E-state index contributed by atoms with van der Waals surface area (Å²) < 4.78 is 29.3. The molecule has 0 aromatic heterocycles. The van der Waals surface area contributed by atoms with Crippen LogP contribution in [0.5, 0.6) is 0 Å². The highest BCUT2D eigenvalue weighted by Crippen LogP contribution is 2.36. The molecular formula is C36H35Cl4N3O4S. The number of nitrogens with zero attached hydrogens (tertiary/aromatic N) is 2. The van der Waals surface area contributed by atoms with Gasteiger partial charge in [-0.3, -0.25) is 13.9 Å². The monoisotopic (exact) mass is 745 g/mol. The zero-order valence-electron chi connectivity index (χ0n) is 26.0. The lowest BCUT2D eigenvalue weighted by atomic mass is 9.94. The molecule has 0 heterocycles. The zero-order chi connectivity index (χ0) is 34.3. The number of carbonyl (C=O) groups excluding carboxylic acids is 2. The molecule has 1 saturated carbocycles. The molecule has 1 aliphatic carbocycles. The van der Waals surface area contributed by atoms with Crippen molar-refractivity contribution in [3.8, 4) is 0 Å². The second kappa shape index (κ2) is 16.4. The van der Waals surface area contributed by atoms with Gasteiger partial charge in [0.1, 0.15) is 12.6 Å². The van der Waals surface area contributed by atoms with E-state index in [4.69, 9.17) is 46.4 Å². The van der Waals surface area contributed by atoms with Crippen molar-refractivity contribution in [2.45, 2.75) is 62.0 Å². The van der Waals surface area contributed by atoms with E-state index in [0.29, 0.717) is 15.6 Å². The Morgan fingerprint density at radius 1 is 0.792 bits per heavy atom. The Morgan fingerprint density at radius 2 is 1.46 bits per heavy atom. The van der Waals surface area contributed by atoms with Crippen molar-refractivity contribution in [3.63, 3.8) is 0 Å². The molecule has 0 bridgehead atoms. The molecule has 0 saturated heterocycles. The minimum absolute atomic E-state index is 0.0251. The predicted octanol–water partition coefficient (Wildman–Crippen LogP) is 8.58. The zero-order valence-corrected chi connectivity index (χ0v) is 29.8. The molecule has 1 aliphatic rings. The Kier molecular flexibility index (Phi) is 12.3. The molecule has 4 aromatic rings. The van der Waals surface area contributed by atoms with E-state index in [1.807, 2.05) is 30.3 Å². The summed E-state index contributed by atoms with van der Waals surface area (Å²) in [6, 6.07) is 25.6. The van der Waals surface area contributed by atoms with Crippen LogP contribution in [-0.2, 0) is 32.6 Å². The summed E-state index contributed by atoms with van der Waals surface area (Å²) >= 11 is 25.7. The standard InChI is InChI=1S/C36H35Cl4N3O4S/c37-27-20-19-26(31(39)22-27)23-42(33(21-25-11-4-1-5-12-25)36(45)41-28-13-6-2-7-14-28)34(44)24-43(32-18-10-17-30(38)35(32)40)48(46,47)29-15-8-3-9-16-29/h1,3-5,8-12,15-20,22,28,33H,2,6-7,13-14,21,23-24H2,(H,41,45)/t33-/m0/s1. The van der Waals surface area contributed by atoms with E-state index in [2.05, 4.69) is 5.32 Å². The molecule has 0 spiro atoms. The van der Waals surface area contributed by atoms with E-state index >= 15 is 0 Å². The number of halogens is 4. The maximum atomic E-state index is 14.7. The van der Waals surface area contributed by atoms with Crippen molar-refractivity contribution >= 4 is 73.9 Å². The van der Waals surface area contributed by atoms with E-state index in [-0.39, 0.29) is 45.5 Å². The number of hydrogen-bond acceptors (Lipinski definition) is 4. The third kappa shape index (κ3) is 8.84. The highest BCUT2D eigenvalue weighted by Gasteiger charge is 2.36. The van der Waals surface area contributed by atoms with Gasteiger partial charge in [-0.25, -0.2) is 8.42 Å². The number of sulfonamides is 1. The lowest BCUT2D eigenvalue weighted by molar-refractivity contribution is -0.140. The fraction of sp³-hybridized carbons (Fsp3) is 0.278. The first-order chi connectivity index (χ1) is 23.0. The maximum absolute atomic E-state index is 14.7. The van der Waals surface area contributed by atoms with Crippen molar-refractivity contribution in [1.82, 2.24) is 10.2 Å². The van der Waals surface area contributed by atoms with E-state index in [1.54, 1.807) is 42.5 Å². The van der Waals surface area contributed by atoms with E-state index in [1.165, 1.54) is 29.2 Å². The first-order valence-electron chi connectivity index (χ1n) is 15.6. The van der Waals surface area contributed by atoms with Gasteiger partial charge in [0.05, 0.1) is 20.6 Å². The fourth-order valence-electron chi connectivity index (χ4n) is 5.85. The normalized spacial score (nSPS) is 14.2. The number of rotatable bonds is 12. The summed E-state index contributed by atoms with van der Waals surface area (Å²) in [5.74, 6) is -0.973. The van der Waals surface area contributed by atoms with Gasteiger partial charge in [-0.05, 0) is 60.4 Å². The van der Waals surface area contributed by atoms with Crippen LogP contribution in [0.2, 0.25) is 20.1 Å². The van der Waals surface area contributed by atoms with Crippen LogP contribution in [0.3, 0.4) is 0 Å². The molecule has 1 atom stereocenters. The molecule has 7 nitrogen and oxygen atoms in total. The highest BCUT2D eigenvalue weighted by molar-refractivity contribution is 7.92. The number of benzene rings is 4. The summed E-state index contributed by atoms with van der Waals surface area (Å²) in [5, 5.41) is 3.98. The second-order valence-corrected chi connectivity index (χ2v) is 15.2. The van der Waals surface area contributed by atoms with Gasteiger partial charge in [0.25, 0.3) is 10.0 Å². The number of hydrogen-bond donors (Lipinski definition) is 1. The fourth-order valence-corrected chi connectivity index (χ4v) is 8.21. The van der Waals surface area contributed by atoms with Gasteiger partial charge in [0.15, 0.2) is 0 Å². The number of amides is 2. The quantitative estimate of drug-likeness (QED) is 0.157. The van der Waals surface area contributed by atoms with Gasteiger partial charge in [0, 0.05) is 29.1 Å². The van der Waals surface area contributed by atoms with Crippen molar-refractivity contribution in [1.29, 1.82) is 0 Å². The highest BCUT2D eigenvalue weighted by atomic mass is 35.5. The van der Waals surface area contributed by atoms with Gasteiger partial charge in [0.2, 0.25) is 11.8 Å². The van der Waals surface area contributed by atoms with Gasteiger partial charge in [-0.1, -0.05) is 126 Å². The number of carbonyl (C=O) groups is 2. The largest absolute Gasteiger partial charge is 0.352 e. The molecule has 12 heteroatoms. The Labute approximate surface area is 301 Å². The van der Waals surface area contributed by atoms with E-state index in [0.717, 1.165) is 42.0 Å². The summed E-state index contributed by atoms with van der Waals surface area (Å²) in [7, 11) is -4.34. The summed E-state index contributed by atoms with van der Waals surface area (Å²) in [6.45, 7) is -0.766. The van der Waals surface area contributed by atoms with Crippen LogP contribution in [0.15, 0.2) is 102 Å². The summed E-state index contributed by atoms with van der Waals surface area (Å²) in [5.41, 5.74) is 1.39. The Balaban J connectivity index is 1.60. The lowest BCUT2D eigenvalue weighted by Gasteiger charge is -2.35. The van der Waals surface area contributed by atoms with Crippen LogP contribution < -0.4 is 9.62 Å². The minimum Gasteiger partial charge on any atom is -0.352 e. The lowest BCUT2D eigenvalue weighted by Crippen LogP contribution is -2.55. The van der Waals surface area contributed by atoms with Crippen LogP contribution in [0.4, 0.5) is 5.69 Å². The van der Waals surface area contributed by atoms with E-state index < -0.39 is 28.5 Å². The van der Waals surface area contributed by atoms with Gasteiger partial charge in [-0.15, -0.1) is 0 Å². The molecular weight excluding hydrogens is 712 g/mol. The number of nitrogens with one attached hydrogen (secondary N) is 1. The Bertz CT molecular complexity index is 1840. The Morgan fingerprint density at radius 3 is 2.12 bits per heavy atom. The molecule has 0 unspecified atom stereocenters. The Hall–Kier alpha value is -3.27. The van der Waals surface area contributed by atoms with Crippen molar-refractivity contribution in [3.05, 3.63) is 128 Å². The average molecular weight is 748 g/mol. The van der Waals surface area contributed by atoms with Crippen molar-refractivity contribution in [2.24, 2.45) is 0 Å². The molecule has 1 N–H and O–H groups in total. The average Bonchev–Trinajstić information content (AvgIpc) is 3.08. The van der Waals surface area contributed by atoms with E-state index in [9.17, 15) is 18.0 Å². The van der Waals surface area contributed by atoms with Crippen LogP contribution in [-0.4, -0.2) is 43.8 Å². The third-order valence-electron chi connectivity index (χ3n) is 8.39.